The van der Waals surface area contributed by atoms with Crippen molar-refractivity contribution in [2.75, 3.05) is 14.1 Å². The molecule has 200 valence electrons. The molecule has 0 aromatic heterocycles. The first-order valence-corrected chi connectivity index (χ1v) is 10.1. The number of rotatable bonds is 2. The summed E-state index contributed by atoms with van der Waals surface area (Å²) in [6, 6.07) is 2.50. The van der Waals surface area contributed by atoms with E-state index in [1.54, 1.807) is 0 Å². The fourth-order valence-corrected chi connectivity index (χ4v) is 5.60. The van der Waals surface area contributed by atoms with Crippen LogP contribution in [-0.2, 0) is 20.0 Å². The second kappa shape index (κ2) is 9.52. The molecule has 1 unspecified atom stereocenters. The number of phenols is 1. The van der Waals surface area contributed by atoms with Crippen molar-refractivity contribution in [2.24, 2.45) is 17.6 Å². The number of ketones is 2. The number of aromatic hydroxyl groups is 1. The lowest BCUT2D eigenvalue weighted by molar-refractivity contribution is -0.181. The van der Waals surface area contributed by atoms with Gasteiger partial charge >= 0.3 is 0 Å². The third-order valence-corrected chi connectivity index (χ3v) is 7.03. The van der Waals surface area contributed by atoms with E-state index in [4.69, 9.17) is 5.73 Å². The molecule has 1 aromatic rings. The fraction of sp³-hybridized carbons (Fsp3) is 0.409. The van der Waals surface area contributed by atoms with E-state index in [2.05, 4.69) is 0 Å². The number of primary amides is 1. The molecule has 1 fully saturated rings. The van der Waals surface area contributed by atoms with Crippen molar-refractivity contribution in [2.45, 2.75) is 30.3 Å². The van der Waals surface area contributed by atoms with Crippen LogP contribution in [0.4, 0.5) is 0 Å². The number of aliphatic hydroxyl groups is 5. The van der Waals surface area contributed by atoms with E-state index in [1.807, 2.05) is 0 Å². The van der Waals surface area contributed by atoms with Gasteiger partial charge in [0, 0.05) is 0 Å². The molecule has 7 atom stereocenters. The van der Waals surface area contributed by atoms with Crippen molar-refractivity contribution < 1.29 is 56.0 Å². The number of aliphatic hydroxyl groups excluding tert-OH is 3. The van der Waals surface area contributed by atoms with Crippen molar-refractivity contribution in [1.82, 2.24) is 4.90 Å². The summed E-state index contributed by atoms with van der Waals surface area (Å²) in [7, 11) is 2.80. The molecule has 13 nitrogen and oxygen atoms in total. The Bertz CT molecular complexity index is 1190. The predicted molar refractivity (Wildman–Crippen MR) is 130 cm³/mol. The zero-order valence-electron chi connectivity index (χ0n) is 19.7. The number of hydrogen-bond donors (Lipinski definition) is 7. The largest absolute Gasteiger partial charge is 0.508 e. The number of nitrogens with two attached hydrogens (primary N) is 1. The van der Waals surface area contributed by atoms with Crippen molar-refractivity contribution >= 4 is 33.1 Å². The van der Waals surface area contributed by atoms with E-state index < -0.39 is 81.1 Å². The number of amides is 1. The van der Waals surface area contributed by atoms with Gasteiger partial charge in [0.15, 0.2) is 11.4 Å². The molecule has 3 aliphatic carbocycles. The summed E-state index contributed by atoms with van der Waals surface area (Å²) >= 11 is 0. The molecule has 1 saturated carbocycles. The van der Waals surface area contributed by atoms with E-state index in [0.717, 1.165) is 0 Å². The molecular formula is C22H31N2O11P. The van der Waals surface area contributed by atoms with Crippen LogP contribution in [0, 0.1) is 11.8 Å². The van der Waals surface area contributed by atoms with Gasteiger partial charge in [0.2, 0.25) is 5.78 Å². The van der Waals surface area contributed by atoms with Crippen LogP contribution in [0.25, 0.3) is 5.76 Å². The van der Waals surface area contributed by atoms with Crippen molar-refractivity contribution in [3.05, 3.63) is 46.2 Å². The highest BCUT2D eigenvalue weighted by molar-refractivity contribution is 6.92. The first-order valence-electron chi connectivity index (χ1n) is 10.1. The van der Waals surface area contributed by atoms with Crippen LogP contribution >= 0.6 is 9.90 Å². The van der Waals surface area contributed by atoms with Gasteiger partial charge in [-0.3, -0.25) is 19.3 Å². The van der Waals surface area contributed by atoms with Gasteiger partial charge in [0.05, 0.1) is 40.7 Å². The number of phenolic OH excluding ortho intramolecular Hbond substituents is 1. The van der Waals surface area contributed by atoms with Crippen LogP contribution < -0.4 is 5.73 Å². The molecule has 1 amide bonds. The van der Waals surface area contributed by atoms with Gasteiger partial charge in [0.1, 0.15) is 22.8 Å². The second-order valence-corrected chi connectivity index (χ2v) is 9.06. The van der Waals surface area contributed by atoms with Crippen molar-refractivity contribution in [3.8, 4) is 5.75 Å². The highest BCUT2D eigenvalue weighted by atomic mass is 31.0. The first kappa shape index (κ1) is 31.1. The number of carbonyl (C=O) groups excluding carboxylic acids is 3. The molecule has 4 rings (SSSR count). The standard InChI is InChI=1S/C22H24N2O9.2H2O.H3P/c1-21(32)7-5-4-6-8(25)9(7)15(26)10-12(21)17(28)13-14(24(2)3)16(27)11(20(23)31)19(30)22(13,33)18(10)29;;;/h4-6,12-14,17,25-26,28,30,32-33H,1-3H3,(H2,23,31);2*1H2;1H3/t12-,13-,14+,17+,21-,22+;;;/m1.../s1. The van der Waals surface area contributed by atoms with Gasteiger partial charge < -0.3 is 47.3 Å². The number of hydrogen-bond acceptors (Lipinski definition) is 10. The maximum Gasteiger partial charge on any atom is 0.255 e. The maximum absolute atomic E-state index is 13.7. The van der Waals surface area contributed by atoms with Crippen LogP contribution in [0.15, 0.2) is 35.1 Å². The number of fused-ring (bicyclic) bond motifs is 3. The number of benzene rings is 1. The minimum Gasteiger partial charge on any atom is -0.508 e. The molecule has 0 saturated heterocycles. The topological polar surface area (TPSA) is 265 Å². The van der Waals surface area contributed by atoms with Crippen molar-refractivity contribution in [1.29, 1.82) is 0 Å². The molecule has 0 radical (unpaired) electrons. The van der Waals surface area contributed by atoms with E-state index in [1.165, 1.54) is 44.1 Å². The van der Waals surface area contributed by atoms with Gasteiger partial charge in [-0.05, 0) is 32.6 Å². The molecule has 1 aromatic carbocycles. The molecule has 0 spiro atoms. The fourth-order valence-electron chi connectivity index (χ4n) is 5.60. The van der Waals surface area contributed by atoms with Crippen LogP contribution in [0.3, 0.4) is 0 Å². The summed E-state index contributed by atoms with van der Waals surface area (Å²) in [6.07, 6.45) is -1.87. The average molecular weight is 530 g/mol. The maximum atomic E-state index is 13.7. The third kappa shape index (κ3) is 3.55. The average Bonchev–Trinajstić information content (AvgIpc) is 2.70. The molecule has 12 N–H and O–H groups in total. The summed E-state index contributed by atoms with van der Waals surface area (Å²) in [6.45, 7) is 1.25. The Morgan fingerprint density at radius 3 is 2.14 bits per heavy atom. The Morgan fingerprint density at radius 1 is 1.08 bits per heavy atom. The highest BCUT2D eigenvalue weighted by Gasteiger charge is 2.70. The minimum absolute atomic E-state index is 0. The summed E-state index contributed by atoms with van der Waals surface area (Å²) in [5.74, 6) is -9.67. The minimum atomic E-state index is -3.02. The number of carbonyl (C=O) groups is 3. The Labute approximate surface area is 208 Å². The Morgan fingerprint density at radius 2 is 1.64 bits per heavy atom. The molecule has 3 aliphatic rings. The van der Waals surface area contributed by atoms with Crippen LogP contribution in [0.2, 0.25) is 0 Å². The lowest BCUT2D eigenvalue weighted by atomic mass is 9.53. The normalized spacial score (nSPS) is 33.0. The smallest absolute Gasteiger partial charge is 0.255 e. The van der Waals surface area contributed by atoms with Gasteiger partial charge in [-0.15, -0.1) is 0 Å². The SMILES string of the molecule is CN(C)[C@@H]1C(=O)C(C(N)=O)=C(O)[C@@]2(O)C(=O)C3=C(O)c4c(O)cccc4[C@@](C)(O)[C@H]3[C@H](O)[C@@H]12.O.O.P. The van der Waals surface area contributed by atoms with Crippen LogP contribution in [-0.4, -0.2) is 95.8 Å². The van der Waals surface area contributed by atoms with E-state index in [0.29, 0.717) is 0 Å². The van der Waals surface area contributed by atoms with Crippen LogP contribution in [0.1, 0.15) is 18.1 Å². The molecular weight excluding hydrogens is 499 g/mol. The number of nitrogens with zero attached hydrogens (tertiary/aromatic N) is 1. The summed E-state index contributed by atoms with van der Waals surface area (Å²) in [4.78, 5) is 39.9. The zero-order valence-corrected chi connectivity index (χ0v) is 21.1. The Hall–Kier alpha value is -2.90. The third-order valence-electron chi connectivity index (χ3n) is 7.03. The highest BCUT2D eigenvalue weighted by Crippen LogP contribution is 2.57. The van der Waals surface area contributed by atoms with E-state index >= 15 is 0 Å². The zero-order chi connectivity index (χ0) is 24.8. The van der Waals surface area contributed by atoms with Gasteiger partial charge in [-0.1, -0.05) is 12.1 Å². The molecule has 0 aliphatic heterocycles. The Kier molecular flexibility index (Phi) is 8.23. The summed E-state index contributed by atoms with van der Waals surface area (Å²) < 4.78 is 0. The van der Waals surface area contributed by atoms with Gasteiger partial charge in [-0.25, -0.2) is 0 Å². The van der Waals surface area contributed by atoms with E-state index in [-0.39, 0.29) is 32.0 Å². The quantitative estimate of drug-likeness (QED) is 0.150. The Balaban J connectivity index is 0.00000216. The summed E-state index contributed by atoms with van der Waals surface area (Å²) in [5.41, 5.74) is -1.78. The molecule has 36 heavy (non-hydrogen) atoms. The number of likely N-dealkylation sites (N-methyl/N-ethyl adjacent to an activating group) is 1. The van der Waals surface area contributed by atoms with Gasteiger partial charge in [0.25, 0.3) is 5.91 Å². The first-order chi connectivity index (χ1) is 15.2. The van der Waals surface area contributed by atoms with Gasteiger partial charge in [-0.2, -0.15) is 9.90 Å². The summed E-state index contributed by atoms with van der Waals surface area (Å²) in [5, 5.41) is 66.3. The lowest BCUT2D eigenvalue weighted by Crippen LogP contribution is -2.71. The molecule has 0 heterocycles. The van der Waals surface area contributed by atoms with Crippen LogP contribution in [0.5, 0.6) is 5.75 Å². The lowest BCUT2D eigenvalue weighted by Gasteiger charge is -2.55. The van der Waals surface area contributed by atoms with E-state index in [9.17, 15) is 45.0 Å². The predicted octanol–water partition coefficient (Wildman–Crippen LogP) is -2.99. The molecule has 0 bridgehead atoms. The second-order valence-electron chi connectivity index (χ2n) is 9.06. The van der Waals surface area contributed by atoms with Crippen molar-refractivity contribution in [3.63, 3.8) is 0 Å². The number of Topliss-reactive ketones (excluding diaryl/α,β-unsaturated/α-hetero) is 2. The molecule has 14 heteroatoms. The monoisotopic (exact) mass is 530 g/mol.